The van der Waals surface area contributed by atoms with E-state index in [1.807, 2.05) is 144 Å². The van der Waals surface area contributed by atoms with Crippen molar-refractivity contribution in [1.29, 1.82) is 0 Å². The Morgan fingerprint density at radius 1 is 0.692 bits per heavy atom. The number of hydrogen-bond acceptors (Lipinski definition) is 4. The summed E-state index contributed by atoms with van der Waals surface area (Å²) < 4.78 is 0. The van der Waals surface area contributed by atoms with E-state index in [0.29, 0.717) is 32.5 Å². The second-order valence-electron chi connectivity index (χ2n) is 12.7. The van der Waals surface area contributed by atoms with E-state index < -0.39 is 12.0 Å². The van der Waals surface area contributed by atoms with Gasteiger partial charge in [0.05, 0.1) is 17.3 Å². The van der Waals surface area contributed by atoms with E-state index in [9.17, 15) is 14.4 Å². The number of guanidine groups is 1. The van der Waals surface area contributed by atoms with Crippen molar-refractivity contribution >= 4 is 35.2 Å². The number of hydrogen-bond donors (Lipinski definition) is 4. The molecular formula is C42H43N7O3. The third-order valence-corrected chi connectivity index (χ3v) is 9.06. The monoisotopic (exact) mass is 693 g/mol. The maximum absolute atomic E-state index is 14.0. The first-order chi connectivity index (χ1) is 25.4. The smallest absolute Gasteiger partial charge is 0.329 e. The Morgan fingerprint density at radius 3 is 1.79 bits per heavy atom. The lowest BCUT2D eigenvalue weighted by Crippen LogP contribution is -2.48. The van der Waals surface area contributed by atoms with Gasteiger partial charge in [-0.2, -0.15) is 0 Å². The van der Waals surface area contributed by atoms with Gasteiger partial charge in [-0.1, -0.05) is 115 Å². The zero-order valence-electron chi connectivity index (χ0n) is 28.9. The van der Waals surface area contributed by atoms with E-state index in [-0.39, 0.29) is 30.3 Å². The van der Waals surface area contributed by atoms with Crippen molar-refractivity contribution in [2.24, 2.45) is 16.5 Å². The normalized spacial score (nSPS) is 12.4. The fraction of sp³-hybridized carbons (Fsp3) is 0.190. The Hall–Kier alpha value is -6.42. The third kappa shape index (κ3) is 8.83. The number of urea groups is 1. The van der Waals surface area contributed by atoms with E-state index in [1.54, 1.807) is 4.90 Å². The molecule has 0 aliphatic carbocycles. The Labute approximate surface area is 304 Å². The van der Waals surface area contributed by atoms with Crippen LogP contribution in [0.1, 0.15) is 46.6 Å². The molecule has 5 aromatic rings. The molecule has 4 amide bonds. The second-order valence-corrected chi connectivity index (χ2v) is 12.7. The van der Waals surface area contributed by atoms with Gasteiger partial charge in [0.1, 0.15) is 6.04 Å². The first-order valence-electron chi connectivity index (χ1n) is 17.4. The molecule has 10 nitrogen and oxygen atoms in total. The van der Waals surface area contributed by atoms with Crippen LogP contribution in [-0.4, -0.2) is 41.3 Å². The molecule has 1 atom stereocenters. The molecule has 0 saturated heterocycles. The Morgan fingerprint density at radius 2 is 1.23 bits per heavy atom. The molecule has 52 heavy (non-hydrogen) atoms. The molecule has 0 radical (unpaired) electrons. The number of nitrogens with zero attached hydrogens (tertiary/aromatic N) is 3. The summed E-state index contributed by atoms with van der Waals surface area (Å²) in [5.41, 5.74) is 17.2. The van der Waals surface area contributed by atoms with Crippen LogP contribution in [0, 0.1) is 0 Å². The standard InChI is InChI=1S/C42H43N7O3/c43-41(44)45-25-13-22-37(47-40(51)38(31-14-5-1-6-15-31)32-16-7-2-8-17-32)39(50)46-27-30-23-24-33-28-48(29-34(33)26-30)42(52)49(35-18-9-3-10-19-35)36-20-11-4-12-21-36/h1-12,14-21,23-24,26,37-38H,13,22,25,27-29H2,(H,46,50)(H,47,51)(H4,43,44,45)/t37-/m0/s1. The van der Waals surface area contributed by atoms with Crippen LogP contribution in [-0.2, 0) is 29.2 Å². The average molecular weight is 694 g/mol. The molecule has 0 saturated carbocycles. The predicted molar refractivity (Wildman–Crippen MR) is 205 cm³/mol. The lowest BCUT2D eigenvalue weighted by atomic mass is 9.90. The molecule has 6 rings (SSSR count). The zero-order chi connectivity index (χ0) is 36.3. The molecule has 0 aromatic heterocycles. The number of nitrogens with two attached hydrogens (primary N) is 2. The summed E-state index contributed by atoms with van der Waals surface area (Å²) in [4.78, 5) is 49.2. The first-order valence-corrected chi connectivity index (χ1v) is 17.4. The van der Waals surface area contributed by atoms with Gasteiger partial charge in [-0.05, 0) is 64.9 Å². The largest absolute Gasteiger partial charge is 0.370 e. The van der Waals surface area contributed by atoms with Crippen LogP contribution in [0.15, 0.2) is 145 Å². The highest BCUT2D eigenvalue weighted by atomic mass is 16.2. The highest BCUT2D eigenvalue weighted by Crippen LogP contribution is 2.31. The fourth-order valence-corrected chi connectivity index (χ4v) is 6.48. The van der Waals surface area contributed by atoms with Gasteiger partial charge >= 0.3 is 6.03 Å². The molecule has 5 aromatic carbocycles. The first kappa shape index (κ1) is 35.4. The summed E-state index contributed by atoms with van der Waals surface area (Å²) in [7, 11) is 0. The number of aliphatic imine (C=N–C) groups is 1. The highest BCUT2D eigenvalue weighted by molar-refractivity contribution is 5.99. The van der Waals surface area contributed by atoms with Crippen molar-refractivity contribution in [1.82, 2.24) is 15.5 Å². The Balaban J connectivity index is 1.14. The number of nitrogens with one attached hydrogen (secondary N) is 2. The molecule has 1 heterocycles. The number of benzene rings is 5. The Bertz CT molecular complexity index is 1910. The topological polar surface area (TPSA) is 146 Å². The summed E-state index contributed by atoms with van der Waals surface area (Å²) in [6.07, 6.45) is 0.828. The van der Waals surface area contributed by atoms with Crippen molar-refractivity contribution in [2.45, 2.75) is 44.4 Å². The minimum Gasteiger partial charge on any atom is -0.370 e. The van der Waals surface area contributed by atoms with Gasteiger partial charge in [-0.3, -0.25) is 19.5 Å². The summed E-state index contributed by atoms with van der Waals surface area (Å²) in [6, 6.07) is 43.3. The van der Waals surface area contributed by atoms with Gasteiger partial charge < -0.3 is 27.0 Å². The number of rotatable bonds is 13. The van der Waals surface area contributed by atoms with E-state index in [1.165, 1.54) is 0 Å². The molecule has 1 aliphatic heterocycles. The summed E-state index contributed by atoms with van der Waals surface area (Å²) in [6.45, 7) is 1.50. The van der Waals surface area contributed by atoms with Crippen LogP contribution in [0.2, 0.25) is 0 Å². The lowest BCUT2D eigenvalue weighted by Gasteiger charge is -2.28. The van der Waals surface area contributed by atoms with Gasteiger partial charge in [0, 0.05) is 26.2 Å². The number of amides is 4. The minimum atomic E-state index is -0.818. The third-order valence-electron chi connectivity index (χ3n) is 9.06. The van der Waals surface area contributed by atoms with Crippen LogP contribution >= 0.6 is 0 Å². The van der Waals surface area contributed by atoms with Crippen LogP contribution in [0.5, 0.6) is 0 Å². The molecular weight excluding hydrogens is 651 g/mol. The van der Waals surface area contributed by atoms with Crippen molar-refractivity contribution in [2.75, 3.05) is 11.4 Å². The molecule has 0 spiro atoms. The minimum absolute atomic E-state index is 0.0250. The van der Waals surface area contributed by atoms with Crippen LogP contribution in [0.4, 0.5) is 16.2 Å². The highest BCUT2D eigenvalue weighted by Gasteiger charge is 2.30. The Kier molecular flexibility index (Phi) is 11.6. The quantitative estimate of drug-likeness (QED) is 0.0685. The van der Waals surface area contributed by atoms with Crippen LogP contribution in [0.25, 0.3) is 0 Å². The van der Waals surface area contributed by atoms with Crippen molar-refractivity contribution in [3.8, 4) is 0 Å². The zero-order valence-corrected chi connectivity index (χ0v) is 28.9. The lowest BCUT2D eigenvalue weighted by molar-refractivity contribution is -0.129. The number of anilines is 2. The van der Waals surface area contributed by atoms with Gasteiger partial charge in [0.2, 0.25) is 11.8 Å². The number of fused-ring (bicyclic) bond motifs is 1. The average Bonchev–Trinajstić information content (AvgIpc) is 3.61. The fourth-order valence-electron chi connectivity index (χ4n) is 6.48. The molecule has 264 valence electrons. The molecule has 10 heteroatoms. The number of carbonyl (C=O) groups excluding carboxylic acids is 3. The molecule has 0 bridgehead atoms. The van der Waals surface area contributed by atoms with Crippen LogP contribution < -0.4 is 27.0 Å². The second kappa shape index (κ2) is 17.0. The van der Waals surface area contributed by atoms with Crippen molar-refractivity contribution in [3.63, 3.8) is 0 Å². The van der Waals surface area contributed by atoms with Gasteiger partial charge in [-0.15, -0.1) is 0 Å². The maximum Gasteiger partial charge on any atom is 0.329 e. The van der Waals surface area contributed by atoms with E-state index in [0.717, 1.165) is 39.2 Å². The predicted octanol–water partition coefficient (Wildman–Crippen LogP) is 5.95. The molecule has 1 aliphatic rings. The van der Waals surface area contributed by atoms with Gasteiger partial charge in [-0.25, -0.2) is 4.79 Å². The number of carbonyl (C=O) groups is 3. The van der Waals surface area contributed by atoms with Gasteiger partial charge in [0.25, 0.3) is 0 Å². The number of para-hydroxylation sites is 2. The van der Waals surface area contributed by atoms with Crippen molar-refractivity contribution < 1.29 is 14.4 Å². The summed E-state index contributed by atoms with van der Waals surface area (Å²) in [5, 5.41) is 6.06. The van der Waals surface area contributed by atoms with Crippen molar-refractivity contribution in [3.05, 3.63) is 167 Å². The van der Waals surface area contributed by atoms with Gasteiger partial charge in [0.15, 0.2) is 5.96 Å². The molecule has 0 fully saturated rings. The maximum atomic E-state index is 14.0. The van der Waals surface area contributed by atoms with E-state index in [2.05, 4.69) is 15.6 Å². The van der Waals surface area contributed by atoms with Crippen LogP contribution in [0.3, 0.4) is 0 Å². The summed E-state index contributed by atoms with van der Waals surface area (Å²) in [5.74, 6) is -1.21. The van der Waals surface area contributed by atoms with E-state index >= 15 is 0 Å². The van der Waals surface area contributed by atoms with E-state index in [4.69, 9.17) is 11.5 Å². The molecule has 6 N–H and O–H groups in total. The summed E-state index contributed by atoms with van der Waals surface area (Å²) >= 11 is 0. The molecule has 0 unspecified atom stereocenters. The SMILES string of the molecule is NC(N)=NCCC[C@H](NC(=O)C(c1ccccc1)c1ccccc1)C(=O)NCc1ccc2c(c1)CN(C(=O)N(c1ccccc1)c1ccccc1)C2.